The second-order valence-corrected chi connectivity index (χ2v) is 4.52. The van der Waals surface area contributed by atoms with E-state index in [1.54, 1.807) is 6.07 Å². The minimum Gasteiger partial charge on any atom is -0.397 e. The number of benzene rings is 2. The topological polar surface area (TPSA) is 77.0 Å². The lowest BCUT2D eigenvalue weighted by Crippen LogP contribution is -2.01. The van der Waals surface area contributed by atoms with Gasteiger partial charge in [-0.2, -0.15) is 0 Å². The van der Waals surface area contributed by atoms with Crippen molar-refractivity contribution in [2.45, 2.75) is 6.54 Å². The maximum atomic E-state index is 6.11. The Hall–Kier alpha value is -2.27. The summed E-state index contributed by atoms with van der Waals surface area (Å²) >= 11 is 6.11. The molecule has 0 aliphatic heterocycles. The fraction of sp³-hybridized carbons (Fsp3) is 0.0769. The summed E-state index contributed by atoms with van der Waals surface area (Å²) in [6.45, 7) is 0.589. The van der Waals surface area contributed by atoms with E-state index in [9.17, 15) is 0 Å². The molecule has 0 aliphatic rings. The van der Waals surface area contributed by atoms with Crippen LogP contribution in [0.3, 0.4) is 0 Å². The monoisotopic (exact) mass is 274 g/mol. The molecule has 0 saturated carbocycles. The highest BCUT2D eigenvalue weighted by Gasteiger charge is 2.10. The number of hydrogen-bond donors (Lipinski definition) is 2. The Kier molecular flexibility index (Phi) is 2.97. The van der Waals surface area contributed by atoms with Crippen molar-refractivity contribution in [3.8, 4) is 0 Å². The van der Waals surface area contributed by atoms with E-state index in [1.165, 1.54) is 0 Å². The minimum atomic E-state index is 0.541. The molecule has 0 atom stereocenters. The van der Waals surface area contributed by atoms with Gasteiger partial charge in [0, 0.05) is 11.6 Å². The molecule has 0 bridgehead atoms. The molecule has 0 spiro atoms. The summed E-state index contributed by atoms with van der Waals surface area (Å²) in [7, 11) is 0. The van der Waals surface area contributed by atoms with Crippen LogP contribution in [0.5, 0.6) is 0 Å². The molecular weight excluding hydrogens is 264 g/mol. The van der Waals surface area contributed by atoms with Gasteiger partial charge in [-0.15, -0.1) is 0 Å². The van der Waals surface area contributed by atoms with E-state index in [0.717, 1.165) is 16.3 Å². The first-order valence-corrected chi connectivity index (χ1v) is 6.11. The zero-order valence-electron chi connectivity index (χ0n) is 9.93. The fourth-order valence-electron chi connectivity index (χ4n) is 1.86. The van der Waals surface area contributed by atoms with Gasteiger partial charge in [-0.05, 0) is 34.1 Å². The number of rotatable bonds is 3. The van der Waals surface area contributed by atoms with Crippen LogP contribution in [-0.2, 0) is 6.54 Å². The van der Waals surface area contributed by atoms with Gasteiger partial charge in [0.05, 0.1) is 11.4 Å². The van der Waals surface area contributed by atoms with E-state index >= 15 is 0 Å². The summed E-state index contributed by atoms with van der Waals surface area (Å²) in [4.78, 5) is 0. The SMILES string of the molecule is Nc1ccc(NCc2ccccc2Cl)c2nonc12. The molecule has 6 heteroatoms. The van der Waals surface area contributed by atoms with Gasteiger partial charge in [0.1, 0.15) is 0 Å². The van der Waals surface area contributed by atoms with E-state index in [0.29, 0.717) is 23.3 Å². The van der Waals surface area contributed by atoms with Crippen molar-refractivity contribution in [2.75, 3.05) is 11.1 Å². The van der Waals surface area contributed by atoms with Crippen LogP contribution >= 0.6 is 11.6 Å². The highest BCUT2D eigenvalue weighted by atomic mass is 35.5. The molecule has 3 aromatic rings. The predicted octanol–water partition coefficient (Wildman–Crippen LogP) is 3.07. The van der Waals surface area contributed by atoms with Crippen molar-refractivity contribution in [3.05, 3.63) is 47.0 Å². The highest BCUT2D eigenvalue weighted by molar-refractivity contribution is 6.31. The molecular formula is C13H11ClN4O. The van der Waals surface area contributed by atoms with Crippen LogP contribution in [0.2, 0.25) is 5.02 Å². The molecule has 96 valence electrons. The van der Waals surface area contributed by atoms with Crippen molar-refractivity contribution >= 4 is 34.0 Å². The van der Waals surface area contributed by atoms with E-state index in [1.807, 2.05) is 30.3 Å². The Bertz CT molecular complexity index is 725. The van der Waals surface area contributed by atoms with E-state index < -0.39 is 0 Å². The van der Waals surface area contributed by atoms with Crippen molar-refractivity contribution in [1.29, 1.82) is 0 Å². The first-order chi connectivity index (χ1) is 9.25. The van der Waals surface area contributed by atoms with E-state index in [-0.39, 0.29) is 0 Å². The standard InChI is InChI=1S/C13H11ClN4O/c14-9-4-2-1-3-8(9)7-16-11-6-5-10(15)12-13(11)18-19-17-12/h1-6,16H,7,15H2. The van der Waals surface area contributed by atoms with Gasteiger partial charge < -0.3 is 11.1 Å². The molecule has 5 nitrogen and oxygen atoms in total. The molecule has 0 unspecified atom stereocenters. The maximum Gasteiger partial charge on any atom is 0.160 e. The molecule has 1 aromatic heterocycles. The lowest BCUT2D eigenvalue weighted by molar-refractivity contribution is 0.316. The maximum absolute atomic E-state index is 6.11. The Morgan fingerprint density at radius 1 is 1.11 bits per heavy atom. The van der Waals surface area contributed by atoms with Gasteiger partial charge in [0.15, 0.2) is 11.0 Å². The molecule has 3 N–H and O–H groups in total. The highest BCUT2D eigenvalue weighted by Crippen LogP contribution is 2.26. The van der Waals surface area contributed by atoms with Crippen molar-refractivity contribution < 1.29 is 4.63 Å². The Morgan fingerprint density at radius 2 is 1.89 bits per heavy atom. The second-order valence-electron chi connectivity index (χ2n) is 4.11. The van der Waals surface area contributed by atoms with Crippen LogP contribution in [0.1, 0.15) is 5.56 Å². The lowest BCUT2D eigenvalue weighted by atomic mass is 10.2. The molecule has 19 heavy (non-hydrogen) atoms. The number of nitrogen functional groups attached to an aromatic ring is 1. The number of hydrogen-bond acceptors (Lipinski definition) is 5. The predicted molar refractivity (Wildman–Crippen MR) is 75.0 cm³/mol. The molecule has 0 amide bonds. The number of aromatic nitrogens is 2. The zero-order chi connectivity index (χ0) is 13.2. The van der Waals surface area contributed by atoms with Crippen LogP contribution in [-0.4, -0.2) is 10.3 Å². The number of halogens is 1. The molecule has 0 radical (unpaired) electrons. The first kappa shape index (κ1) is 11.8. The molecule has 0 aliphatic carbocycles. The normalized spacial score (nSPS) is 10.8. The third-order valence-electron chi connectivity index (χ3n) is 2.87. The number of anilines is 2. The van der Waals surface area contributed by atoms with E-state index in [4.69, 9.17) is 22.0 Å². The summed E-state index contributed by atoms with van der Waals surface area (Å²) in [5.74, 6) is 0. The van der Waals surface area contributed by atoms with Crippen LogP contribution in [0.4, 0.5) is 11.4 Å². The number of fused-ring (bicyclic) bond motifs is 1. The van der Waals surface area contributed by atoms with Gasteiger partial charge in [-0.25, -0.2) is 4.63 Å². The average Bonchev–Trinajstić information content (AvgIpc) is 2.90. The number of nitrogens with zero attached hydrogens (tertiary/aromatic N) is 2. The van der Waals surface area contributed by atoms with Crippen molar-refractivity contribution in [1.82, 2.24) is 10.3 Å². The summed E-state index contributed by atoms with van der Waals surface area (Å²) < 4.78 is 4.72. The molecule has 0 fully saturated rings. The van der Waals surface area contributed by atoms with Crippen LogP contribution in [0.25, 0.3) is 11.0 Å². The van der Waals surface area contributed by atoms with Gasteiger partial charge in [-0.3, -0.25) is 0 Å². The second kappa shape index (κ2) is 4.78. The quantitative estimate of drug-likeness (QED) is 0.718. The van der Waals surface area contributed by atoms with Gasteiger partial charge in [0.25, 0.3) is 0 Å². The summed E-state index contributed by atoms with van der Waals surface area (Å²) in [6.07, 6.45) is 0. The fourth-order valence-corrected chi connectivity index (χ4v) is 2.06. The molecule has 0 saturated heterocycles. The van der Waals surface area contributed by atoms with E-state index in [2.05, 4.69) is 15.6 Å². The Labute approximate surface area is 114 Å². The molecule has 2 aromatic carbocycles. The average molecular weight is 275 g/mol. The molecule has 1 heterocycles. The minimum absolute atomic E-state index is 0.541. The van der Waals surface area contributed by atoms with Gasteiger partial charge >= 0.3 is 0 Å². The van der Waals surface area contributed by atoms with Crippen LogP contribution in [0.15, 0.2) is 41.0 Å². The van der Waals surface area contributed by atoms with Crippen molar-refractivity contribution in [3.63, 3.8) is 0 Å². The number of nitrogens with one attached hydrogen (secondary N) is 1. The lowest BCUT2D eigenvalue weighted by Gasteiger charge is -2.08. The van der Waals surface area contributed by atoms with Crippen molar-refractivity contribution in [2.24, 2.45) is 0 Å². The summed E-state index contributed by atoms with van der Waals surface area (Å²) in [6, 6.07) is 11.3. The van der Waals surface area contributed by atoms with Gasteiger partial charge in [0.2, 0.25) is 0 Å². The Balaban J connectivity index is 1.88. The van der Waals surface area contributed by atoms with Gasteiger partial charge in [-0.1, -0.05) is 29.8 Å². The smallest absolute Gasteiger partial charge is 0.160 e. The third kappa shape index (κ3) is 2.20. The number of nitrogens with two attached hydrogens (primary N) is 1. The molecule has 3 rings (SSSR count). The van der Waals surface area contributed by atoms with Crippen LogP contribution < -0.4 is 11.1 Å². The van der Waals surface area contributed by atoms with Crippen LogP contribution in [0, 0.1) is 0 Å². The summed E-state index contributed by atoms with van der Waals surface area (Å²) in [5, 5.41) is 11.6. The third-order valence-corrected chi connectivity index (χ3v) is 3.24. The first-order valence-electron chi connectivity index (χ1n) is 5.74. The largest absolute Gasteiger partial charge is 0.397 e. The Morgan fingerprint density at radius 3 is 2.74 bits per heavy atom. The summed E-state index contributed by atoms with van der Waals surface area (Å²) in [5.41, 5.74) is 9.32. The zero-order valence-corrected chi connectivity index (χ0v) is 10.7.